The van der Waals surface area contributed by atoms with Crippen molar-refractivity contribution in [2.75, 3.05) is 0 Å². The summed E-state index contributed by atoms with van der Waals surface area (Å²) < 4.78 is 0. The van der Waals surface area contributed by atoms with Crippen LogP contribution in [-0.4, -0.2) is 0 Å². The number of hydrogen-bond donors (Lipinski definition) is 0. The highest BCUT2D eigenvalue weighted by atomic mass is 14.6. The first-order valence-electron chi connectivity index (χ1n) is 7.49. The molecule has 2 bridgehead atoms. The monoisotopic (exact) mass is 248 g/mol. The van der Waals surface area contributed by atoms with E-state index in [4.69, 9.17) is 0 Å². The maximum Gasteiger partial charge on any atom is -0.00390 e. The predicted octanol–water partition coefficient (Wildman–Crippen LogP) is 4.97. The van der Waals surface area contributed by atoms with Gasteiger partial charge in [0.15, 0.2) is 0 Å². The van der Waals surface area contributed by atoms with Crippen LogP contribution in [0.1, 0.15) is 37.3 Å². The molecule has 19 heavy (non-hydrogen) atoms. The van der Waals surface area contributed by atoms with Crippen molar-refractivity contribution >= 4 is 0 Å². The zero-order chi connectivity index (χ0) is 12.9. The minimum atomic E-state index is 0.593. The standard InChI is InChI=1S/C19H20/c1-2-14-3-5-16(6-4-14)17-7-9-18(10-8-17)19-11-15(12-19)13-19/h3-10,15H,2,11-13H2,1H3. The summed E-state index contributed by atoms with van der Waals surface area (Å²) in [4.78, 5) is 0. The van der Waals surface area contributed by atoms with Gasteiger partial charge in [0.1, 0.15) is 0 Å². The molecule has 0 amide bonds. The van der Waals surface area contributed by atoms with Gasteiger partial charge in [-0.1, -0.05) is 55.5 Å². The first-order chi connectivity index (χ1) is 9.29. The van der Waals surface area contributed by atoms with Gasteiger partial charge in [-0.2, -0.15) is 0 Å². The summed E-state index contributed by atoms with van der Waals surface area (Å²) in [6.07, 6.45) is 5.44. The van der Waals surface area contributed by atoms with Gasteiger partial charge in [0, 0.05) is 0 Å². The Morgan fingerprint density at radius 1 is 0.842 bits per heavy atom. The molecule has 0 nitrogen and oxygen atoms in total. The minimum absolute atomic E-state index is 0.593. The number of aryl methyl sites for hydroxylation is 1. The summed E-state index contributed by atoms with van der Waals surface area (Å²) in [5, 5.41) is 0. The Kier molecular flexibility index (Phi) is 2.35. The van der Waals surface area contributed by atoms with Crippen molar-refractivity contribution in [1.29, 1.82) is 0 Å². The second kappa shape index (κ2) is 3.96. The molecule has 5 rings (SSSR count). The van der Waals surface area contributed by atoms with Crippen molar-refractivity contribution in [3.8, 4) is 11.1 Å². The lowest BCUT2D eigenvalue weighted by molar-refractivity contribution is -0.0273. The largest absolute Gasteiger partial charge is 0.0613 e. The quantitative estimate of drug-likeness (QED) is 0.719. The Bertz CT molecular complexity index is 572. The molecule has 3 saturated carbocycles. The van der Waals surface area contributed by atoms with Crippen molar-refractivity contribution in [1.82, 2.24) is 0 Å². The SMILES string of the molecule is CCc1ccc(-c2ccc(C34CC(C3)C4)cc2)cc1. The molecule has 3 aliphatic rings. The van der Waals surface area contributed by atoms with Crippen LogP contribution in [0.15, 0.2) is 48.5 Å². The molecular weight excluding hydrogens is 228 g/mol. The molecule has 3 aliphatic carbocycles. The molecule has 3 fully saturated rings. The fourth-order valence-electron chi connectivity index (χ4n) is 3.78. The Labute approximate surface area is 115 Å². The van der Waals surface area contributed by atoms with Gasteiger partial charge in [-0.05, 0) is 59.3 Å². The van der Waals surface area contributed by atoms with Gasteiger partial charge in [0.25, 0.3) is 0 Å². The lowest BCUT2D eigenvalue weighted by Gasteiger charge is -2.62. The number of hydrogen-bond acceptors (Lipinski definition) is 0. The fourth-order valence-corrected chi connectivity index (χ4v) is 3.78. The average Bonchev–Trinajstić information content (AvgIpc) is 2.36. The van der Waals surface area contributed by atoms with E-state index in [1.165, 1.54) is 36.0 Å². The third-order valence-electron chi connectivity index (χ3n) is 5.23. The molecule has 96 valence electrons. The van der Waals surface area contributed by atoms with Crippen molar-refractivity contribution < 1.29 is 0 Å². The van der Waals surface area contributed by atoms with Crippen molar-refractivity contribution in [3.63, 3.8) is 0 Å². The summed E-state index contributed by atoms with van der Waals surface area (Å²) in [6.45, 7) is 2.20. The Balaban J connectivity index is 1.60. The van der Waals surface area contributed by atoms with E-state index in [1.807, 2.05) is 0 Å². The molecule has 0 atom stereocenters. The van der Waals surface area contributed by atoms with E-state index in [-0.39, 0.29) is 0 Å². The highest BCUT2D eigenvalue weighted by Gasteiger charge is 2.57. The molecule has 0 aromatic heterocycles. The van der Waals surface area contributed by atoms with Crippen LogP contribution in [0.3, 0.4) is 0 Å². The molecule has 0 spiro atoms. The highest BCUT2D eigenvalue weighted by molar-refractivity contribution is 5.64. The summed E-state index contributed by atoms with van der Waals surface area (Å²) >= 11 is 0. The molecule has 0 heteroatoms. The molecule has 0 radical (unpaired) electrons. The third kappa shape index (κ3) is 1.66. The number of benzene rings is 2. The van der Waals surface area contributed by atoms with Crippen molar-refractivity contribution in [3.05, 3.63) is 59.7 Å². The van der Waals surface area contributed by atoms with Gasteiger partial charge in [-0.15, -0.1) is 0 Å². The summed E-state index contributed by atoms with van der Waals surface area (Å²) in [5.74, 6) is 1.06. The second-order valence-electron chi connectivity index (χ2n) is 6.39. The zero-order valence-electron chi connectivity index (χ0n) is 11.5. The van der Waals surface area contributed by atoms with Crippen LogP contribution in [0.25, 0.3) is 11.1 Å². The second-order valence-corrected chi connectivity index (χ2v) is 6.39. The molecule has 0 saturated heterocycles. The number of rotatable bonds is 3. The molecule has 0 aliphatic heterocycles. The molecule has 2 aromatic carbocycles. The van der Waals surface area contributed by atoms with E-state index < -0.39 is 0 Å². The Morgan fingerprint density at radius 3 is 1.79 bits per heavy atom. The van der Waals surface area contributed by atoms with E-state index in [0.717, 1.165) is 12.3 Å². The van der Waals surface area contributed by atoms with E-state index in [9.17, 15) is 0 Å². The molecule has 0 unspecified atom stereocenters. The van der Waals surface area contributed by atoms with Gasteiger partial charge in [0.2, 0.25) is 0 Å². The fraction of sp³-hybridized carbons (Fsp3) is 0.368. The summed E-state index contributed by atoms with van der Waals surface area (Å²) in [7, 11) is 0. The van der Waals surface area contributed by atoms with E-state index in [0.29, 0.717) is 5.41 Å². The van der Waals surface area contributed by atoms with Crippen LogP contribution in [0.5, 0.6) is 0 Å². The highest BCUT2D eigenvalue weighted by Crippen LogP contribution is 2.65. The Morgan fingerprint density at radius 2 is 1.37 bits per heavy atom. The Hall–Kier alpha value is -1.56. The molecule has 0 N–H and O–H groups in total. The maximum atomic E-state index is 2.36. The molecule has 2 aromatic rings. The van der Waals surface area contributed by atoms with E-state index in [2.05, 4.69) is 55.5 Å². The van der Waals surface area contributed by atoms with E-state index in [1.54, 1.807) is 5.56 Å². The van der Waals surface area contributed by atoms with Crippen LogP contribution in [0.4, 0.5) is 0 Å². The first kappa shape index (κ1) is 11.3. The van der Waals surface area contributed by atoms with Crippen molar-refractivity contribution in [2.45, 2.75) is 38.0 Å². The zero-order valence-corrected chi connectivity index (χ0v) is 11.5. The van der Waals surface area contributed by atoms with Gasteiger partial charge >= 0.3 is 0 Å². The van der Waals surface area contributed by atoms with Gasteiger partial charge in [-0.3, -0.25) is 0 Å². The third-order valence-corrected chi connectivity index (χ3v) is 5.23. The summed E-state index contributed by atoms with van der Waals surface area (Å²) in [6, 6.07) is 18.3. The lowest BCUT2D eigenvalue weighted by Crippen LogP contribution is -2.55. The molecular formula is C19H20. The predicted molar refractivity (Wildman–Crippen MR) is 80.3 cm³/mol. The topological polar surface area (TPSA) is 0 Å². The normalized spacial score (nSPS) is 27.5. The first-order valence-corrected chi connectivity index (χ1v) is 7.49. The average molecular weight is 248 g/mol. The van der Waals surface area contributed by atoms with Gasteiger partial charge < -0.3 is 0 Å². The lowest BCUT2D eigenvalue weighted by atomic mass is 9.42. The molecule has 0 heterocycles. The maximum absolute atomic E-state index is 2.36. The summed E-state index contributed by atoms with van der Waals surface area (Å²) in [5.41, 5.74) is 6.26. The van der Waals surface area contributed by atoms with Crippen LogP contribution >= 0.6 is 0 Å². The van der Waals surface area contributed by atoms with Crippen molar-refractivity contribution in [2.24, 2.45) is 5.92 Å². The van der Waals surface area contributed by atoms with Crippen LogP contribution in [0, 0.1) is 5.92 Å². The minimum Gasteiger partial charge on any atom is -0.0613 e. The van der Waals surface area contributed by atoms with Crippen LogP contribution in [0.2, 0.25) is 0 Å². The van der Waals surface area contributed by atoms with Gasteiger partial charge in [-0.25, -0.2) is 0 Å². The van der Waals surface area contributed by atoms with Gasteiger partial charge in [0.05, 0.1) is 0 Å². The smallest absolute Gasteiger partial charge is 0.00390 e. The van der Waals surface area contributed by atoms with Crippen LogP contribution < -0.4 is 0 Å². The van der Waals surface area contributed by atoms with Crippen LogP contribution in [-0.2, 0) is 11.8 Å². The van der Waals surface area contributed by atoms with E-state index >= 15 is 0 Å².